The number of anilines is 3. The van der Waals surface area contributed by atoms with Crippen molar-refractivity contribution in [2.75, 3.05) is 4.90 Å². The molecule has 2 heterocycles. The van der Waals surface area contributed by atoms with Crippen LogP contribution in [0.15, 0.2) is 188 Å². The molecule has 0 unspecified atom stereocenters. The summed E-state index contributed by atoms with van der Waals surface area (Å²) in [4.78, 5) is 2.42. The summed E-state index contributed by atoms with van der Waals surface area (Å²) < 4.78 is 4.84. The van der Waals surface area contributed by atoms with Crippen molar-refractivity contribution in [3.05, 3.63) is 188 Å². The maximum atomic E-state index is 2.45. The smallest absolute Gasteiger partial charge is 0.0782 e. The Morgan fingerprint density at radius 1 is 0.327 bits per heavy atom. The highest BCUT2D eigenvalue weighted by molar-refractivity contribution is 6.15. The first kappa shape index (κ1) is 27.5. The Morgan fingerprint density at radius 2 is 0.939 bits per heavy atom. The molecule has 49 heavy (non-hydrogen) atoms. The molecule has 0 saturated heterocycles. The van der Waals surface area contributed by atoms with Crippen LogP contribution in [0, 0.1) is 0 Å². The van der Waals surface area contributed by atoms with E-state index in [1.165, 1.54) is 54.4 Å². The van der Waals surface area contributed by atoms with E-state index >= 15 is 0 Å². The predicted molar refractivity (Wildman–Crippen MR) is 207 cm³/mol. The lowest BCUT2D eigenvalue weighted by atomic mass is 10.1. The predicted octanol–water partition coefficient (Wildman–Crippen LogP) is 12.5. The number of benzene rings is 8. The van der Waals surface area contributed by atoms with Crippen molar-refractivity contribution in [2.45, 2.75) is 0 Å². The lowest BCUT2D eigenvalue weighted by Gasteiger charge is -2.27. The van der Waals surface area contributed by atoms with E-state index in [1.54, 1.807) is 0 Å². The Labute approximate surface area is 284 Å². The fourth-order valence-electron chi connectivity index (χ4n) is 7.72. The first-order valence-corrected chi connectivity index (χ1v) is 16.8. The van der Waals surface area contributed by atoms with E-state index in [0.717, 1.165) is 28.4 Å². The summed E-state index contributed by atoms with van der Waals surface area (Å²) in [6.45, 7) is 0. The number of hydrogen-bond acceptors (Lipinski definition) is 1. The number of nitrogens with zero attached hydrogens (tertiary/aromatic N) is 3. The molecule has 0 atom stereocenters. The SMILES string of the molecule is c1ccc(N(c2ccc3c4ccccc4n(-c4ccccc4)c3c2)c2cccc3c4ccccc4n(-c4ccc5ccccc5c4)c23)cc1. The molecule has 10 aromatic rings. The van der Waals surface area contributed by atoms with Gasteiger partial charge in [-0.2, -0.15) is 0 Å². The standard InChI is InChI=1S/C46H31N3/c1-3-16-34(17-4-1)47(37-28-29-40-38-20-9-11-23-42(38)48(45(40)31-37)35-18-5-2-6-19-35)44-25-13-22-41-39-21-10-12-24-43(39)49(46(41)44)36-27-26-32-14-7-8-15-33(32)30-36/h1-31H. The van der Waals surface area contributed by atoms with E-state index < -0.39 is 0 Å². The lowest BCUT2D eigenvalue weighted by molar-refractivity contribution is 1.17. The van der Waals surface area contributed by atoms with Gasteiger partial charge in [0.05, 0.1) is 27.8 Å². The molecule has 2 aromatic heterocycles. The Bertz CT molecular complexity index is 2830. The summed E-state index contributed by atoms with van der Waals surface area (Å²) >= 11 is 0. The molecule has 3 nitrogen and oxygen atoms in total. The minimum Gasteiger partial charge on any atom is -0.309 e. The molecule has 8 aromatic carbocycles. The second-order valence-corrected chi connectivity index (χ2v) is 12.6. The summed E-state index contributed by atoms with van der Waals surface area (Å²) in [6.07, 6.45) is 0. The molecule has 0 N–H and O–H groups in total. The molecule has 10 rings (SSSR count). The zero-order valence-electron chi connectivity index (χ0n) is 26.7. The molecule has 0 radical (unpaired) electrons. The molecule has 0 aliphatic heterocycles. The van der Waals surface area contributed by atoms with Gasteiger partial charge in [-0.05, 0) is 77.5 Å². The van der Waals surface area contributed by atoms with Crippen molar-refractivity contribution in [3.8, 4) is 11.4 Å². The first-order chi connectivity index (χ1) is 24.3. The molecular formula is C46H31N3. The topological polar surface area (TPSA) is 13.1 Å². The molecule has 0 aliphatic rings. The van der Waals surface area contributed by atoms with E-state index in [0.29, 0.717) is 0 Å². The van der Waals surface area contributed by atoms with Crippen LogP contribution in [0.3, 0.4) is 0 Å². The number of hydrogen-bond donors (Lipinski definition) is 0. The largest absolute Gasteiger partial charge is 0.309 e. The van der Waals surface area contributed by atoms with Crippen LogP contribution in [0.4, 0.5) is 17.1 Å². The molecule has 0 saturated carbocycles. The van der Waals surface area contributed by atoms with Gasteiger partial charge in [-0.25, -0.2) is 0 Å². The number of para-hydroxylation sites is 5. The van der Waals surface area contributed by atoms with Crippen LogP contribution >= 0.6 is 0 Å². The third-order valence-electron chi connectivity index (χ3n) is 9.85. The fourth-order valence-corrected chi connectivity index (χ4v) is 7.72. The van der Waals surface area contributed by atoms with Gasteiger partial charge in [0, 0.05) is 44.3 Å². The van der Waals surface area contributed by atoms with E-state index in [1.807, 2.05) is 0 Å². The van der Waals surface area contributed by atoms with E-state index in [9.17, 15) is 0 Å². The van der Waals surface area contributed by atoms with Gasteiger partial charge in [0.1, 0.15) is 0 Å². The minimum absolute atomic E-state index is 1.10. The van der Waals surface area contributed by atoms with Crippen LogP contribution in [0.1, 0.15) is 0 Å². The van der Waals surface area contributed by atoms with Crippen molar-refractivity contribution in [1.82, 2.24) is 9.13 Å². The summed E-state index contributed by atoms with van der Waals surface area (Å²) in [6, 6.07) is 68.0. The van der Waals surface area contributed by atoms with Gasteiger partial charge in [-0.1, -0.05) is 121 Å². The van der Waals surface area contributed by atoms with Gasteiger partial charge in [0.15, 0.2) is 0 Å². The molecule has 0 bridgehead atoms. The molecule has 0 amide bonds. The van der Waals surface area contributed by atoms with Crippen LogP contribution in [-0.2, 0) is 0 Å². The van der Waals surface area contributed by atoms with Crippen molar-refractivity contribution in [2.24, 2.45) is 0 Å². The second kappa shape index (κ2) is 11.0. The number of fused-ring (bicyclic) bond motifs is 7. The third kappa shape index (κ3) is 4.29. The zero-order chi connectivity index (χ0) is 32.3. The Hall–Kier alpha value is -6.58. The van der Waals surface area contributed by atoms with Crippen molar-refractivity contribution >= 4 is 71.4 Å². The molecule has 0 fully saturated rings. The maximum Gasteiger partial charge on any atom is 0.0782 e. The van der Waals surface area contributed by atoms with E-state index in [-0.39, 0.29) is 0 Å². The molecule has 230 valence electrons. The lowest BCUT2D eigenvalue weighted by Crippen LogP contribution is -2.11. The molecular weight excluding hydrogens is 595 g/mol. The van der Waals surface area contributed by atoms with Crippen molar-refractivity contribution in [3.63, 3.8) is 0 Å². The number of rotatable bonds is 5. The first-order valence-electron chi connectivity index (χ1n) is 16.8. The molecule has 0 spiro atoms. The van der Waals surface area contributed by atoms with Crippen LogP contribution in [-0.4, -0.2) is 9.13 Å². The average Bonchev–Trinajstić information content (AvgIpc) is 3.69. The molecule has 3 heteroatoms. The summed E-state index contributed by atoms with van der Waals surface area (Å²) in [7, 11) is 0. The monoisotopic (exact) mass is 625 g/mol. The minimum atomic E-state index is 1.10. The van der Waals surface area contributed by atoms with Crippen LogP contribution in [0.2, 0.25) is 0 Å². The highest BCUT2D eigenvalue weighted by Gasteiger charge is 2.22. The van der Waals surface area contributed by atoms with Gasteiger partial charge < -0.3 is 14.0 Å². The summed E-state index contributed by atoms with van der Waals surface area (Å²) in [5.41, 5.74) is 10.3. The highest BCUT2D eigenvalue weighted by Crippen LogP contribution is 2.45. The van der Waals surface area contributed by atoms with Crippen molar-refractivity contribution in [1.29, 1.82) is 0 Å². The quantitative estimate of drug-likeness (QED) is 0.185. The second-order valence-electron chi connectivity index (χ2n) is 12.6. The van der Waals surface area contributed by atoms with Gasteiger partial charge in [-0.15, -0.1) is 0 Å². The van der Waals surface area contributed by atoms with E-state index in [2.05, 4.69) is 202 Å². The average molecular weight is 626 g/mol. The van der Waals surface area contributed by atoms with Gasteiger partial charge in [-0.3, -0.25) is 0 Å². The fraction of sp³-hybridized carbons (Fsp3) is 0. The summed E-state index contributed by atoms with van der Waals surface area (Å²) in [5.74, 6) is 0. The normalized spacial score (nSPS) is 11.7. The molecule has 0 aliphatic carbocycles. The Kier molecular flexibility index (Phi) is 6.18. The summed E-state index contributed by atoms with van der Waals surface area (Å²) in [5, 5.41) is 7.40. The van der Waals surface area contributed by atoms with Gasteiger partial charge >= 0.3 is 0 Å². The Morgan fingerprint density at radius 3 is 1.73 bits per heavy atom. The maximum absolute atomic E-state index is 2.45. The Balaban J connectivity index is 1.29. The van der Waals surface area contributed by atoms with Crippen molar-refractivity contribution < 1.29 is 0 Å². The van der Waals surface area contributed by atoms with E-state index in [4.69, 9.17) is 0 Å². The van der Waals surface area contributed by atoms with Crippen LogP contribution < -0.4 is 4.90 Å². The van der Waals surface area contributed by atoms with Gasteiger partial charge in [0.2, 0.25) is 0 Å². The number of aromatic nitrogens is 2. The van der Waals surface area contributed by atoms with Crippen LogP contribution in [0.5, 0.6) is 0 Å². The zero-order valence-corrected chi connectivity index (χ0v) is 26.7. The van der Waals surface area contributed by atoms with Gasteiger partial charge in [0.25, 0.3) is 0 Å². The third-order valence-corrected chi connectivity index (χ3v) is 9.85. The highest BCUT2D eigenvalue weighted by atomic mass is 15.2. The van der Waals surface area contributed by atoms with Crippen LogP contribution in [0.25, 0.3) is 65.8 Å².